The highest BCUT2D eigenvalue weighted by Crippen LogP contribution is 2.10. The molecule has 0 amide bonds. The molecule has 0 saturated carbocycles. The quantitative estimate of drug-likeness (QED) is 0.276. The highest BCUT2D eigenvalue weighted by molar-refractivity contribution is 7.80. The first-order valence-electron chi connectivity index (χ1n) is 4.91. The molecule has 0 bridgehead atoms. The van der Waals surface area contributed by atoms with E-state index in [0.717, 1.165) is 15.2 Å². The van der Waals surface area contributed by atoms with Gasteiger partial charge in [-0.05, 0) is 24.3 Å². The molecule has 80 valence electrons. The van der Waals surface area contributed by atoms with Crippen LogP contribution in [0.5, 0.6) is 0 Å². The lowest BCUT2D eigenvalue weighted by atomic mass is 10.2. The number of thiol groups is 1. The van der Waals surface area contributed by atoms with Gasteiger partial charge in [0.25, 0.3) is 0 Å². The molecule has 16 heavy (non-hydrogen) atoms. The van der Waals surface area contributed by atoms with Crippen LogP contribution in [0.1, 0.15) is 5.56 Å². The molecule has 0 fully saturated rings. The van der Waals surface area contributed by atoms with E-state index in [9.17, 15) is 5.21 Å². The molecule has 0 radical (unpaired) electrons. The van der Waals surface area contributed by atoms with Crippen LogP contribution in [0.3, 0.4) is 0 Å². The average Bonchev–Trinajstić information content (AvgIpc) is 2.33. The lowest BCUT2D eigenvalue weighted by Gasteiger charge is -2.02. The van der Waals surface area contributed by atoms with Gasteiger partial charge in [0.1, 0.15) is 0 Å². The van der Waals surface area contributed by atoms with E-state index in [2.05, 4.69) is 12.6 Å². The Bertz CT molecular complexity index is 491. The summed E-state index contributed by atoms with van der Waals surface area (Å²) in [6.45, 7) is 0. The van der Waals surface area contributed by atoms with Crippen molar-refractivity contribution in [2.75, 3.05) is 0 Å². The second kappa shape index (κ2) is 4.86. The van der Waals surface area contributed by atoms with E-state index in [1.807, 2.05) is 42.5 Å². The number of benzene rings is 2. The first-order valence-corrected chi connectivity index (χ1v) is 5.36. The summed E-state index contributed by atoms with van der Waals surface area (Å²) in [7, 11) is 0. The summed E-state index contributed by atoms with van der Waals surface area (Å²) in [5, 5.41) is 11.7. The van der Waals surface area contributed by atoms with Gasteiger partial charge in [-0.2, -0.15) is 4.74 Å². The van der Waals surface area contributed by atoms with Gasteiger partial charge in [-0.25, -0.2) is 0 Å². The predicted octanol–water partition coefficient (Wildman–Crippen LogP) is 3.24. The molecule has 2 aromatic rings. The number of nitrogens with zero attached hydrogens (tertiary/aromatic N) is 1. The molecule has 0 unspecified atom stereocenters. The number of rotatable bonds is 2. The first kappa shape index (κ1) is 10.8. The molecule has 2 rings (SSSR count). The summed E-state index contributed by atoms with van der Waals surface area (Å²) < 4.78 is 0.855. The Morgan fingerprint density at radius 2 is 1.56 bits per heavy atom. The lowest BCUT2D eigenvalue weighted by molar-refractivity contribution is -0.354. The van der Waals surface area contributed by atoms with Gasteiger partial charge in [0.05, 0.1) is 0 Å². The van der Waals surface area contributed by atoms with Crippen molar-refractivity contribution in [3.8, 4) is 0 Å². The van der Waals surface area contributed by atoms with E-state index in [4.69, 9.17) is 0 Å². The van der Waals surface area contributed by atoms with Crippen molar-refractivity contribution in [1.29, 1.82) is 0 Å². The molecule has 0 aromatic heterocycles. The Kier molecular flexibility index (Phi) is 3.27. The second-order valence-corrected chi connectivity index (χ2v) is 3.90. The van der Waals surface area contributed by atoms with Crippen LogP contribution in [0, 0.1) is 5.21 Å². The zero-order valence-corrected chi connectivity index (χ0v) is 9.47. The standard InChI is InChI=1S/C13H11NOS/c15-14(12-4-2-1-3-5-12)10-11-6-8-13(16)9-7-11/h1-10,16H. The zero-order valence-electron chi connectivity index (χ0n) is 8.58. The van der Waals surface area contributed by atoms with Crippen molar-refractivity contribution in [3.05, 3.63) is 65.4 Å². The van der Waals surface area contributed by atoms with Crippen molar-refractivity contribution in [2.24, 2.45) is 0 Å². The van der Waals surface area contributed by atoms with Gasteiger partial charge in [0.15, 0.2) is 6.21 Å². The van der Waals surface area contributed by atoms with Crippen LogP contribution < -0.4 is 0 Å². The fraction of sp³-hybridized carbons (Fsp3) is 0. The predicted molar refractivity (Wildman–Crippen MR) is 68.6 cm³/mol. The minimum absolute atomic E-state index is 0.623. The molecule has 2 aromatic carbocycles. The maximum Gasteiger partial charge on any atom is 0.216 e. The third-order valence-corrected chi connectivity index (χ3v) is 2.47. The SMILES string of the molecule is [O-][N+](=Cc1ccc(S)cc1)c1ccccc1. The summed E-state index contributed by atoms with van der Waals surface area (Å²) in [6.07, 6.45) is 1.54. The highest BCUT2D eigenvalue weighted by Gasteiger charge is 1.99. The third kappa shape index (κ3) is 2.64. The Balaban J connectivity index is 2.28. The summed E-state index contributed by atoms with van der Waals surface area (Å²) in [5.74, 6) is 0. The molecule has 3 heteroatoms. The van der Waals surface area contributed by atoms with Crippen LogP contribution in [-0.2, 0) is 0 Å². The minimum atomic E-state index is 0.623. The smallest absolute Gasteiger partial charge is 0.216 e. The molecule has 0 atom stereocenters. The molecule has 0 saturated heterocycles. The van der Waals surface area contributed by atoms with Gasteiger partial charge >= 0.3 is 0 Å². The van der Waals surface area contributed by atoms with Crippen molar-refractivity contribution < 1.29 is 4.74 Å². The molecular weight excluding hydrogens is 218 g/mol. The molecule has 0 aliphatic rings. The summed E-state index contributed by atoms with van der Waals surface area (Å²) in [6, 6.07) is 16.5. The lowest BCUT2D eigenvalue weighted by Crippen LogP contribution is -1.98. The summed E-state index contributed by atoms with van der Waals surface area (Å²) in [5.41, 5.74) is 1.48. The van der Waals surface area contributed by atoms with Crippen molar-refractivity contribution >= 4 is 24.5 Å². The van der Waals surface area contributed by atoms with Crippen LogP contribution in [-0.4, -0.2) is 11.0 Å². The van der Waals surface area contributed by atoms with Crippen molar-refractivity contribution in [3.63, 3.8) is 0 Å². The van der Waals surface area contributed by atoms with Gasteiger partial charge < -0.3 is 5.21 Å². The fourth-order valence-corrected chi connectivity index (χ4v) is 1.49. The van der Waals surface area contributed by atoms with Crippen LogP contribution in [0.2, 0.25) is 0 Å². The molecule has 0 N–H and O–H groups in total. The number of hydrogen-bond acceptors (Lipinski definition) is 2. The van der Waals surface area contributed by atoms with Crippen molar-refractivity contribution in [2.45, 2.75) is 4.90 Å². The third-order valence-electron chi connectivity index (χ3n) is 2.17. The van der Waals surface area contributed by atoms with E-state index in [0.29, 0.717) is 5.69 Å². The largest absolute Gasteiger partial charge is 0.618 e. The van der Waals surface area contributed by atoms with Gasteiger partial charge in [0.2, 0.25) is 5.69 Å². The van der Waals surface area contributed by atoms with E-state index >= 15 is 0 Å². The minimum Gasteiger partial charge on any atom is -0.618 e. The molecule has 0 spiro atoms. The van der Waals surface area contributed by atoms with Crippen LogP contribution >= 0.6 is 12.6 Å². The van der Waals surface area contributed by atoms with Crippen LogP contribution in [0.25, 0.3) is 0 Å². The van der Waals surface area contributed by atoms with Gasteiger partial charge in [-0.1, -0.05) is 18.2 Å². The van der Waals surface area contributed by atoms with E-state index in [-0.39, 0.29) is 0 Å². The number of hydrogen-bond donors (Lipinski definition) is 1. The van der Waals surface area contributed by atoms with E-state index < -0.39 is 0 Å². The van der Waals surface area contributed by atoms with Crippen molar-refractivity contribution in [1.82, 2.24) is 0 Å². The molecule has 0 heterocycles. The Morgan fingerprint density at radius 1 is 0.938 bits per heavy atom. The summed E-state index contributed by atoms with van der Waals surface area (Å²) in [4.78, 5) is 0.884. The molecule has 0 aliphatic heterocycles. The maximum atomic E-state index is 11.7. The molecule has 0 aliphatic carbocycles. The monoisotopic (exact) mass is 229 g/mol. The molecular formula is C13H11NOS. The zero-order chi connectivity index (χ0) is 11.4. The Morgan fingerprint density at radius 3 is 2.19 bits per heavy atom. The van der Waals surface area contributed by atoms with E-state index in [1.165, 1.54) is 0 Å². The summed E-state index contributed by atoms with van der Waals surface area (Å²) >= 11 is 4.19. The van der Waals surface area contributed by atoms with Gasteiger partial charge in [0, 0.05) is 22.6 Å². The average molecular weight is 229 g/mol. The Hall–Kier alpha value is -1.74. The normalized spacial score (nSPS) is 11.4. The highest BCUT2D eigenvalue weighted by atomic mass is 32.1. The van der Waals surface area contributed by atoms with Gasteiger partial charge in [-0.3, -0.25) is 0 Å². The first-order chi connectivity index (χ1) is 7.75. The number of para-hydroxylation sites is 1. The Labute approximate surface area is 99.9 Å². The van der Waals surface area contributed by atoms with Crippen LogP contribution in [0.4, 0.5) is 5.69 Å². The van der Waals surface area contributed by atoms with E-state index in [1.54, 1.807) is 18.3 Å². The second-order valence-electron chi connectivity index (χ2n) is 3.38. The topological polar surface area (TPSA) is 26.1 Å². The van der Waals surface area contributed by atoms with Crippen LogP contribution in [0.15, 0.2) is 59.5 Å². The van der Waals surface area contributed by atoms with Gasteiger partial charge in [-0.15, -0.1) is 12.6 Å². The maximum absolute atomic E-state index is 11.7. The fourth-order valence-electron chi connectivity index (χ4n) is 1.35. The molecule has 2 nitrogen and oxygen atoms in total.